The van der Waals surface area contributed by atoms with Crippen LogP contribution in [-0.4, -0.2) is 41.0 Å². The van der Waals surface area contributed by atoms with Crippen LogP contribution >= 0.6 is 11.6 Å². The van der Waals surface area contributed by atoms with Crippen LogP contribution in [0.5, 0.6) is 0 Å². The fourth-order valence-electron chi connectivity index (χ4n) is 4.76. The molecular formula is C33H48ClN3O4. The lowest BCUT2D eigenvalue weighted by Gasteiger charge is -2.36. The molecule has 0 saturated heterocycles. The Morgan fingerprint density at radius 1 is 1.00 bits per heavy atom. The van der Waals surface area contributed by atoms with Gasteiger partial charge in [0, 0.05) is 6.54 Å². The Kier molecular flexibility index (Phi) is 12.7. The lowest BCUT2D eigenvalue weighted by molar-refractivity contribution is -0.142. The normalized spacial score (nSPS) is 13.6. The van der Waals surface area contributed by atoms with Gasteiger partial charge in [-0.1, -0.05) is 87.5 Å². The highest BCUT2D eigenvalue weighted by atomic mass is 35.5. The van der Waals surface area contributed by atoms with Crippen LogP contribution in [0.4, 0.5) is 10.5 Å². The third-order valence-corrected chi connectivity index (χ3v) is 7.50. The summed E-state index contributed by atoms with van der Waals surface area (Å²) in [6.45, 7) is 17.5. The van der Waals surface area contributed by atoms with E-state index in [0.29, 0.717) is 30.1 Å². The second-order valence-electron chi connectivity index (χ2n) is 11.9. The maximum atomic E-state index is 14.5. The van der Waals surface area contributed by atoms with Gasteiger partial charge in [0.2, 0.25) is 5.91 Å². The number of unbranched alkanes of at least 4 members (excludes halogenated alkanes) is 2. The maximum absolute atomic E-state index is 14.5. The van der Waals surface area contributed by atoms with E-state index in [1.54, 1.807) is 31.7 Å². The van der Waals surface area contributed by atoms with E-state index in [1.807, 2.05) is 65.0 Å². The second kappa shape index (κ2) is 15.2. The predicted octanol–water partition coefficient (Wildman–Crippen LogP) is 7.90. The minimum absolute atomic E-state index is 0.197. The number of hydrogen-bond donors (Lipinski definition) is 2. The molecular weight excluding hydrogens is 538 g/mol. The lowest BCUT2D eigenvalue weighted by atomic mass is 9.93. The molecule has 0 bridgehead atoms. The van der Waals surface area contributed by atoms with Gasteiger partial charge in [-0.15, -0.1) is 0 Å². The number of carbonyl (C=O) groups is 3. The van der Waals surface area contributed by atoms with Crippen molar-refractivity contribution in [2.45, 2.75) is 106 Å². The number of amides is 3. The Morgan fingerprint density at radius 2 is 1.68 bits per heavy atom. The van der Waals surface area contributed by atoms with E-state index in [-0.39, 0.29) is 17.7 Å². The van der Waals surface area contributed by atoms with Crippen LogP contribution < -0.4 is 10.6 Å². The highest BCUT2D eigenvalue weighted by Gasteiger charge is 2.38. The summed E-state index contributed by atoms with van der Waals surface area (Å²) in [6.07, 6.45) is 2.54. The number of hydrogen-bond acceptors (Lipinski definition) is 4. The minimum Gasteiger partial charge on any atom is -0.444 e. The van der Waals surface area contributed by atoms with Gasteiger partial charge in [-0.25, -0.2) is 4.79 Å². The molecule has 0 fully saturated rings. The average molecular weight is 586 g/mol. The van der Waals surface area contributed by atoms with Gasteiger partial charge in [0.1, 0.15) is 17.7 Å². The van der Waals surface area contributed by atoms with Crippen LogP contribution in [0.15, 0.2) is 36.4 Å². The number of aryl methyl sites for hydroxylation is 3. The molecule has 3 atom stereocenters. The molecule has 7 nitrogen and oxygen atoms in total. The summed E-state index contributed by atoms with van der Waals surface area (Å²) < 4.78 is 5.51. The highest BCUT2D eigenvalue weighted by molar-refractivity contribution is 6.34. The molecule has 0 aliphatic heterocycles. The van der Waals surface area contributed by atoms with E-state index in [4.69, 9.17) is 16.3 Å². The first-order chi connectivity index (χ1) is 19.2. The molecule has 2 aromatic carbocycles. The number of nitrogens with zero attached hydrogens (tertiary/aromatic N) is 1. The Bertz CT molecular complexity index is 1190. The molecule has 0 radical (unpaired) electrons. The number of para-hydroxylation sites is 1. The Balaban J connectivity index is 2.65. The van der Waals surface area contributed by atoms with Crippen LogP contribution in [0.3, 0.4) is 0 Å². The first kappa shape index (κ1) is 34.1. The number of rotatable bonds is 12. The standard InChI is InChI=1S/C33H48ClN3O4/c1-10-12-13-19-37(31(39)28(22(4)11-2)36-32(40)41-33(7,8)9)29(25-18-17-21(3)20-24(25)6)30(38)35-27-23(5)15-14-16-26(27)34/h14-18,20,22,28-29H,10-13,19H2,1-9H3,(H,35,38)(H,36,40). The fraction of sp³-hybridized carbons (Fsp3) is 0.545. The zero-order chi connectivity index (χ0) is 30.9. The predicted molar refractivity (Wildman–Crippen MR) is 167 cm³/mol. The first-order valence-electron chi connectivity index (χ1n) is 14.6. The van der Waals surface area contributed by atoms with Crippen molar-refractivity contribution in [1.82, 2.24) is 10.2 Å². The van der Waals surface area contributed by atoms with Crippen molar-refractivity contribution in [2.24, 2.45) is 5.92 Å². The molecule has 0 aliphatic carbocycles. The zero-order valence-electron chi connectivity index (χ0n) is 26.2. The van der Waals surface area contributed by atoms with E-state index >= 15 is 0 Å². The number of alkyl carbamates (subject to hydrolysis) is 1. The van der Waals surface area contributed by atoms with Gasteiger partial charge in [0.15, 0.2) is 0 Å². The number of carbonyl (C=O) groups excluding carboxylic acids is 3. The number of benzene rings is 2. The van der Waals surface area contributed by atoms with Crippen molar-refractivity contribution >= 4 is 35.2 Å². The summed E-state index contributed by atoms with van der Waals surface area (Å²) in [5.41, 5.74) is 3.29. The summed E-state index contributed by atoms with van der Waals surface area (Å²) in [5.74, 6) is -0.882. The molecule has 8 heteroatoms. The monoisotopic (exact) mass is 585 g/mol. The maximum Gasteiger partial charge on any atom is 0.408 e. The molecule has 226 valence electrons. The van der Waals surface area contributed by atoms with Gasteiger partial charge >= 0.3 is 6.09 Å². The van der Waals surface area contributed by atoms with Crippen LogP contribution in [0.1, 0.15) is 95.5 Å². The SMILES string of the molecule is CCCCCN(C(=O)C(NC(=O)OC(C)(C)C)C(C)CC)C(C(=O)Nc1c(C)cccc1Cl)c1ccc(C)cc1C. The van der Waals surface area contributed by atoms with Crippen LogP contribution in [0, 0.1) is 26.7 Å². The van der Waals surface area contributed by atoms with Crippen molar-refractivity contribution in [3.05, 3.63) is 63.7 Å². The first-order valence-corrected chi connectivity index (χ1v) is 15.0. The second-order valence-corrected chi connectivity index (χ2v) is 12.3. The number of nitrogens with one attached hydrogen (secondary N) is 2. The third-order valence-electron chi connectivity index (χ3n) is 7.19. The molecule has 2 aromatic rings. The summed E-state index contributed by atoms with van der Waals surface area (Å²) >= 11 is 6.49. The number of ether oxygens (including phenoxy) is 1. The van der Waals surface area contributed by atoms with Crippen molar-refractivity contribution in [1.29, 1.82) is 0 Å². The van der Waals surface area contributed by atoms with Gasteiger partial charge in [0.05, 0.1) is 10.7 Å². The molecule has 0 heterocycles. The van der Waals surface area contributed by atoms with E-state index in [2.05, 4.69) is 17.6 Å². The summed E-state index contributed by atoms with van der Waals surface area (Å²) in [5, 5.41) is 6.27. The highest BCUT2D eigenvalue weighted by Crippen LogP contribution is 2.32. The van der Waals surface area contributed by atoms with Crippen molar-refractivity contribution in [3.8, 4) is 0 Å². The summed E-state index contributed by atoms with van der Waals surface area (Å²) in [4.78, 5) is 43.2. The van der Waals surface area contributed by atoms with Gasteiger partial charge in [-0.05, 0) is 76.6 Å². The zero-order valence-corrected chi connectivity index (χ0v) is 26.9. The van der Waals surface area contributed by atoms with Crippen LogP contribution in [-0.2, 0) is 14.3 Å². The Labute approximate surface area is 251 Å². The van der Waals surface area contributed by atoms with Crippen LogP contribution in [0.25, 0.3) is 0 Å². The van der Waals surface area contributed by atoms with E-state index in [9.17, 15) is 14.4 Å². The largest absolute Gasteiger partial charge is 0.444 e. The Hall–Kier alpha value is -3.06. The molecule has 3 amide bonds. The number of anilines is 1. The van der Waals surface area contributed by atoms with Gasteiger partial charge in [-0.3, -0.25) is 9.59 Å². The molecule has 2 N–H and O–H groups in total. The summed E-state index contributed by atoms with van der Waals surface area (Å²) in [7, 11) is 0. The van der Waals surface area contributed by atoms with Crippen molar-refractivity contribution < 1.29 is 19.1 Å². The fourth-order valence-corrected chi connectivity index (χ4v) is 5.03. The molecule has 2 rings (SSSR count). The molecule has 41 heavy (non-hydrogen) atoms. The molecule has 0 saturated carbocycles. The number of halogens is 1. The molecule has 0 spiro atoms. The summed E-state index contributed by atoms with van der Waals surface area (Å²) in [6, 6.07) is 9.48. The molecule has 0 aromatic heterocycles. The van der Waals surface area contributed by atoms with Gasteiger partial charge < -0.3 is 20.3 Å². The minimum atomic E-state index is -0.942. The molecule has 0 aliphatic rings. The van der Waals surface area contributed by atoms with E-state index in [1.165, 1.54) is 0 Å². The smallest absolute Gasteiger partial charge is 0.408 e. The molecule has 3 unspecified atom stereocenters. The van der Waals surface area contributed by atoms with E-state index < -0.39 is 23.8 Å². The van der Waals surface area contributed by atoms with Gasteiger partial charge in [-0.2, -0.15) is 0 Å². The average Bonchev–Trinajstić information content (AvgIpc) is 2.88. The van der Waals surface area contributed by atoms with Crippen molar-refractivity contribution in [2.75, 3.05) is 11.9 Å². The quantitative estimate of drug-likeness (QED) is 0.248. The van der Waals surface area contributed by atoms with Crippen molar-refractivity contribution in [3.63, 3.8) is 0 Å². The topological polar surface area (TPSA) is 87.7 Å². The Morgan fingerprint density at radius 3 is 2.24 bits per heavy atom. The van der Waals surface area contributed by atoms with Gasteiger partial charge in [0.25, 0.3) is 5.91 Å². The van der Waals surface area contributed by atoms with E-state index in [0.717, 1.165) is 35.1 Å². The lowest BCUT2D eigenvalue weighted by Crippen LogP contribution is -2.55. The van der Waals surface area contributed by atoms with Crippen LogP contribution in [0.2, 0.25) is 5.02 Å². The third kappa shape index (κ3) is 9.77.